The number of ether oxygens (including phenoxy) is 1. The molecular weight excluding hydrogens is 334 g/mol. The van der Waals surface area contributed by atoms with E-state index in [2.05, 4.69) is 5.32 Å². The molecule has 0 bridgehead atoms. The molecule has 2 aromatic carbocycles. The van der Waals surface area contributed by atoms with Gasteiger partial charge in [0.1, 0.15) is 12.9 Å². The molecule has 1 fully saturated rings. The second kappa shape index (κ2) is 8.52. The first kappa shape index (κ1) is 18.0. The Bertz CT molecular complexity index is 705. The monoisotopic (exact) mass is 357 g/mol. The Morgan fingerprint density at radius 3 is 2.68 bits per heavy atom. The zero-order chi connectivity index (χ0) is 17.6. The average Bonchev–Trinajstić information content (AvgIpc) is 2.67. The second-order valence-corrected chi connectivity index (χ2v) is 7.64. The van der Waals surface area contributed by atoms with E-state index in [9.17, 15) is 9.35 Å². The minimum atomic E-state index is -1.08. The van der Waals surface area contributed by atoms with E-state index in [0.717, 1.165) is 29.0 Å². The number of carbonyl (C=O) groups excluding carboxylic acids is 1. The first-order chi connectivity index (χ1) is 12.2. The summed E-state index contributed by atoms with van der Waals surface area (Å²) >= 11 is -1.08. The van der Waals surface area contributed by atoms with Crippen molar-refractivity contribution in [3.8, 4) is 0 Å². The number of benzene rings is 2. The van der Waals surface area contributed by atoms with Crippen molar-refractivity contribution in [1.29, 1.82) is 0 Å². The highest BCUT2D eigenvalue weighted by Crippen LogP contribution is 2.35. The van der Waals surface area contributed by atoms with Gasteiger partial charge in [0.25, 0.3) is 0 Å². The summed E-state index contributed by atoms with van der Waals surface area (Å²) in [6, 6.07) is 17.4. The zero-order valence-electron chi connectivity index (χ0n) is 14.3. The van der Waals surface area contributed by atoms with Crippen LogP contribution in [0.25, 0.3) is 0 Å². The fraction of sp³-hybridized carbons (Fsp3) is 0.350. The summed E-state index contributed by atoms with van der Waals surface area (Å²) < 4.78 is 17.6. The minimum absolute atomic E-state index is 0.0321. The number of carbonyl (C=O) groups is 1. The van der Waals surface area contributed by atoms with Gasteiger partial charge in [0.2, 0.25) is 0 Å². The quantitative estimate of drug-likeness (QED) is 0.660. The number of nitrogens with one attached hydrogen (secondary N) is 1. The minimum Gasteiger partial charge on any atom is -0.612 e. The third kappa shape index (κ3) is 4.42. The lowest BCUT2D eigenvalue weighted by atomic mass is 9.81. The summed E-state index contributed by atoms with van der Waals surface area (Å²) in [5.74, 6) is -0.426. The molecule has 132 valence electrons. The Hall–Kier alpha value is -1.82. The summed E-state index contributed by atoms with van der Waals surface area (Å²) in [4.78, 5) is 13.5. The van der Waals surface area contributed by atoms with Crippen molar-refractivity contribution in [1.82, 2.24) is 5.32 Å². The van der Waals surface area contributed by atoms with Crippen molar-refractivity contribution in [3.63, 3.8) is 0 Å². The summed E-state index contributed by atoms with van der Waals surface area (Å²) in [5.41, 5.74) is 1.98. The molecule has 1 aliphatic heterocycles. The van der Waals surface area contributed by atoms with Gasteiger partial charge in [0.15, 0.2) is 4.90 Å². The van der Waals surface area contributed by atoms with Crippen LogP contribution in [0.4, 0.5) is 0 Å². The highest BCUT2D eigenvalue weighted by molar-refractivity contribution is 7.90. The summed E-state index contributed by atoms with van der Waals surface area (Å²) in [6.45, 7) is 1.71. The molecule has 0 aliphatic carbocycles. The Labute approximate surface area is 151 Å². The van der Waals surface area contributed by atoms with Crippen molar-refractivity contribution >= 4 is 17.1 Å². The molecule has 0 aromatic heterocycles. The molecule has 1 aliphatic rings. The number of esters is 1. The van der Waals surface area contributed by atoms with Gasteiger partial charge in [-0.2, -0.15) is 0 Å². The summed E-state index contributed by atoms with van der Waals surface area (Å²) in [6.07, 6.45) is 2.52. The topological polar surface area (TPSA) is 61.4 Å². The van der Waals surface area contributed by atoms with Crippen LogP contribution < -0.4 is 5.32 Å². The average molecular weight is 357 g/mol. The lowest BCUT2D eigenvalue weighted by Crippen LogP contribution is -2.40. The maximum absolute atomic E-state index is 12.7. The van der Waals surface area contributed by atoms with Gasteiger partial charge in [0.05, 0.1) is 5.92 Å². The van der Waals surface area contributed by atoms with Crippen LogP contribution in [-0.2, 0) is 27.3 Å². The third-order valence-electron chi connectivity index (χ3n) is 4.64. The van der Waals surface area contributed by atoms with Crippen LogP contribution in [0.5, 0.6) is 0 Å². The lowest BCUT2D eigenvalue weighted by molar-refractivity contribution is -0.151. The molecular formula is C20H23NO3S. The molecule has 2 aromatic rings. The number of hydrogen-bond acceptors (Lipinski definition) is 4. The number of rotatable bonds is 5. The first-order valence-corrected chi connectivity index (χ1v) is 10.1. The molecule has 3 rings (SSSR count). The predicted molar refractivity (Wildman–Crippen MR) is 98.7 cm³/mol. The van der Waals surface area contributed by atoms with Crippen LogP contribution in [0.2, 0.25) is 0 Å². The van der Waals surface area contributed by atoms with Crippen molar-refractivity contribution in [2.45, 2.75) is 23.8 Å². The maximum atomic E-state index is 12.7. The molecule has 1 saturated heterocycles. The largest absolute Gasteiger partial charge is 0.612 e. The van der Waals surface area contributed by atoms with Gasteiger partial charge >= 0.3 is 5.97 Å². The van der Waals surface area contributed by atoms with Crippen molar-refractivity contribution in [2.24, 2.45) is 5.92 Å². The summed E-state index contributed by atoms with van der Waals surface area (Å²) in [5, 5.41) is 3.29. The van der Waals surface area contributed by atoms with Gasteiger partial charge < -0.3 is 14.6 Å². The smallest absolute Gasteiger partial charge is 0.311 e. The standard InChI is InChI=1S/C20H23NO3S/c1-25(23)19-10-6-5-9-17(19)16-11-12-21-13-18(16)20(22)24-14-15-7-3-2-4-8-15/h2-10,16,18,21H,11-14H2,1H3/t16?,18?,25-/m0/s1. The van der Waals surface area contributed by atoms with Crippen molar-refractivity contribution in [2.75, 3.05) is 19.3 Å². The fourth-order valence-corrected chi connectivity index (χ4v) is 4.18. The van der Waals surface area contributed by atoms with Crippen LogP contribution in [-0.4, -0.2) is 29.9 Å². The van der Waals surface area contributed by atoms with E-state index in [1.807, 2.05) is 54.6 Å². The maximum Gasteiger partial charge on any atom is 0.311 e. The Morgan fingerprint density at radius 2 is 1.92 bits per heavy atom. The third-order valence-corrected chi connectivity index (χ3v) is 5.63. The SMILES string of the molecule is C[S@+]([O-])c1ccccc1C1CCNCC1C(=O)OCc1ccccc1. The Kier molecular flexibility index (Phi) is 6.13. The molecule has 1 N–H and O–H groups in total. The Balaban J connectivity index is 1.76. The van der Waals surface area contributed by atoms with Crippen molar-refractivity contribution < 1.29 is 14.1 Å². The molecule has 2 unspecified atom stereocenters. The molecule has 0 radical (unpaired) electrons. The van der Waals surface area contributed by atoms with E-state index >= 15 is 0 Å². The van der Waals surface area contributed by atoms with E-state index in [1.54, 1.807) is 6.26 Å². The van der Waals surface area contributed by atoms with Crippen molar-refractivity contribution in [3.05, 3.63) is 65.7 Å². The molecule has 5 heteroatoms. The molecule has 0 spiro atoms. The molecule has 0 amide bonds. The van der Waals surface area contributed by atoms with Crippen LogP contribution in [0.1, 0.15) is 23.5 Å². The van der Waals surface area contributed by atoms with E-state index in [-0.39, 0.29) is 24.4 Å². The van der Waals surface area contributed by atoms with E-state index in [0.29, 0.717) is 6.54 Å². The molecule has 0 saturated carbocycles. The molecule has 1 heterocycles. The van der Waals surface area contributed by atoms with Gasteiger partial charge in [-0.1, -0.05) is 48.5 Å². The van der Waals surface area contributed by atoms with Crippen LogP contribution in [0, 0.1) is 5.92 Å². The lowest BCUT2D eigenvalue weighted by Gasteiger charge is -2.31. The Morgan fingerprint density at radius 1 is 1.20 bits per heavy atom. The highest BCUT2D eigenvalue weighted by Gasteiger charge is 2.35. The number of hydrogen-bond donors (Lipinski definition) is 1. The molecule has 25 heavy (non-hydrogen) atoms. The first-order valence-electron chi connectivity index (χ1n) is 8.50. The van der Waals surface area contributed by atoms with Crippen LogP contribution in [0.15, 0.2) is 59.5 Å². The van der Waals surface area contributed by atoms with Crippen LogP contribution >= 0.6 is 0 Å². The predicted octanol–water partition coefficient (Wildman–Crippen LogP) is 2.86. The number of piperidine rings is 1. The van der Waals surface area contributed by atoms with Gasteiger partial charge in [-0.05, 0) is 35.8 Å². The van der Waals surface area contributed by atoms with E-state index in [1.165, 1.54) is 0 Å². The molecule has 4 nitrogen and oxygen atoms in total. The van der Waals surface area contributed by atoms with Gasteiger partial charge in [0, 0.05) is 18.0 Å². The van der Waals surface area contributed by atoms with Gasteiger partial charge in [-0.3, -0.25) is 4.79 Å². The highest BCUT2D eigenvalue weighted by atomic mass is 32.2. The van der Waals surface area contributed by atoms with Gasteiger partial charge in [-0.25, -0.2) is 0 Å². The van der Waals surface area contributed by atoms with E-state index in [4.69, 9.17) is 4.74 Å². The normalized spacial score (nSPS) is 21.5. The zero-order valence-corrected chi connectivity index (χ0v) is 15.1. The van der Waals surface area contributed by atoms with Crippen LogP contribution in [0.3, 0.4) is 0 Å². The fourth-order valence-electron chi connectivity index (χ4n) is 3.36. The second-order valence-electron chi connectivity index (χ2n) is 6.29. The molecule has 3 atom stereocenters. The summed E-state index contributed by atoms with van der Waals surface area (Å²) in [7, 11) is 0. The van der Waals surface area contributed by atoms with Gasteiger partial charge in [-0.15, -0.1) is 0 Å². The van der Waals surface area contributed by atoms with E-state index < -0.39 is 11.2 Å².